The maximum Gasteiger partial charge on any atom is 0.134 e. The van der Waals surface area contributed by atoms with Crippen molar-refractivity contribution in [3.8, 4) is 0 Å². The summed E-state index contributed by atoms with van der Waals surface area (Å²) in [7, 11) is 1.96. The van der Waals surface area contributed by atoms with Crippen molar-refractivity contribution in [2.45, 2.75) is 10.9 Å². The van der Waals surface area contributed by atoms with Crippen LogP contribution in [0, 0.1) is 0 Å². The lowest BCUT2D eigenvalue weighted by Gasteiger charge is -2.14. The molecule has 2 nitrogen and oxygen atoms in total. The van der Waals surface area contributed by atoms with Crippen LogP contribution in [0.5, 0.6) is 0 Å². The fraction of sp³-hybridized carbons (Fsp3) is 0.176. The van der Waals surface area contributed by atoms with Gasteiger partial charge < -0.3 is 9.73 Å². The van der Waals surface area contributed by atoms with Crippen LogP contribution in [0.3, 0.4) is 0 Å². The Hall–Kier alpha value is -1.71. The van der Waals surface area contributed by atoms with E-state index in [0.29, 0.717) is 0 Å². The first-order valence-electron chi connectivity index (χ1n) is 6.61. The topological polar surface area (TPSA) is 25.2 Å². The van der Waals surface area contributed by atoms with E-state index >= 15 is 0 Å². The number of hydrogen-bond donors (Lipinski definition) is 1. The van der Waals surface area contributed by atoms with Crippen LogP contribution in [0.1, 0.15) is 17.4 Å². The largest absolute Gasteiger partial charge is 0.459 e. The SMILES string of the molecule is CNC(c1ccc(SC)cc1)c1cc2ccccc2o1. The Morgan fingerprint density at radius 2 is 1.80 bits per heavy atom. The zero-order chi connectivity index (χ0) is 13.9. The van der Waals surface area contributed by atoms with Crippen molar-refractivity contribution >= 4 is 22.7 Å². The molecule has 0 aliphatic carbocycles. The molecule has 1 N–H and O–H groups in total. The molecule has 0 bridgehead atoms. The Labute approximate surface area is 123 Å². The summed E-state index contributed by atoms with van der Waals surface area (Å²) < 4.78 is 5.96. The van der Waals surface area contributed by atoms with Gasteiger partial charge in [0.15, 0.2) is 0 Å². The van der Waals surface area contributed by atoms with Gasteiger partial charge in [-0.25, -0.2) is 0 Å². The molecule has 0 amide bonds. The minimum Gasteiger partial charge on any atom is -0.459 e. The highest BCUT2D eigenvalue weighted by Crippen LogP contribution is 2.29. The minimum atomic E-state index is 0.0818. The van der Waals surface area contributed by atoms with Gasteiger partial charge in [0, 0.05) is 10.3 Å². The molecule has 0 aliphatic heterocycles. The van der Waals surface area contributed by atoms with Crippen LogP contribution in [-0.4, -0.2) is 13.3 Å². The maximum absolute atomic E-state index is 5.96. The van der Waals surface area contributed by atoms with Crippen molar-refractivity contribution < 1.29 is 4.42 Å². The number of hydrogen-bond acceptors (Lipinski definition) is 3. The second-order valence-corrected chi connectivity index (χ2v) is 5.56. The van der Waals surface area contributed by atoms with E-state index in [2.05, 4.69) is 48.0 Å². The average molecular weight is 283 g/mol. The lowest BCUT2D eigenvalue weighted by molar-refractivity contribution is 0.491. The molecule has 20 heavy (non-hydrogen) atoms. The predicted octanol–water partition coefficient (Wildman–Crippen LogP) is 4.46. The summed E-state index contributed by atoms with van der Waals surface area (Å²) in [6, 6.07) is 18.9. The summed E-state index contributed by atoms with van der Waals surface area (Å²) in [4.78, 5) is 1.27. The zero-order valence-electron chi connectivity index (χ0n) is 11.6. The molecule has 0 aliphatic rings. The first kappa shape index (κ1) is 13.3. The molecular formula is C17H17NOS. The van der Waals surface area contributed by atoms with E-state index < -0.39 is 0 Å². The Bertz CT molecular complexity index is 669. The van der Waals surface area contributed by atoms with E-state index in [1.807, 2.05) is 25.2 Å². The third-order valence-electron chi connectivity index (χ3n) is 3.47. The second kappa shape index (κ2) is 5.73. The number of para-hydroxylation sites is 1. The highest BCUT2D eigenvalue weighted by molar-refractivity contribution is 7.98. The van der Waals surface area contributed by atoms with Gasteiger partial charge in [-0.05, 0) is 43.1 Å². The third-order valence-corrected chi connectivity index (χ3v) is 4.21. The summed E-state index contributed by atoms with van der Waals surface area (Å²) in [6.07, 6.45) is 2.09. The number of nitrogens with one attached hydrogen (secondary N) is 1. The smallest absolute Gasteiger partial charge is 0.134 e. The predicted molar refractivity (Wildman–Crippen MR) is 85.3 cm³/mol. The van der Waals surface area contributed by atoms with Crippen molar-refractivity contribution in [3.05, 3.63) is 65.9 Å². The van der Waals surface area contributed by atoms with E-state index in [9.17, 15) is 0 Å². The van der Waals surface area contributed by atoms with E-state index in [0.717, 1.165) is 16.7 Å². The minimum absolute atomic E-state index is 0.0818. The summed E-state index contributed by atoms with van der Waals surface area (Å²) in [5.41, 5.74) is 2.15. The summed E-state index contributed by atoms with van der Waals surface area (Å²) in [5.74, 6) is 0.950. The van der Waals surface area contributed by atoms with Crippen molar-refractivity contribution in [2.24, 2.45) is 0 Å². The molecule has 3 aromatic rings. The van der Waals surface area contributed by atoms with Gasteiger partial charge in [-0.1, -0.05) is 30.3 Å². The van der Waals surface area contributed by atoms with Gasteiger partial charge >= 0.3 is 0 Å². The molecule has 0 fully saturated rings. The van der Waals surface area contributed by atoms with Gasteiger partial charge in [-0.2, -0.15) is 0 Å². The molecule has 3 rings (SSSR count). The van der Waals surface area contributed by atoms with E-state index in [4.69, 9.17) is 4.42 Å². The van der Waals surface area contributed by atoms with Crippen molar-refractivity contribution in [3.63, 3.8) is 0 Å². The van der Waals surface area contributed by atoms with E-state index in [1.165, 1.54) is 10.5 Å². The normalized spacial score (nSPS) is 12.7. The van der Waals surface area contributed by atoms with Gasteiger partial charge in [-0.3, -0.25) is 0 Å². The Morgan fingerprint density at radius 3 is 2.45 bits per heavy atom. The number of benzene rings is 2. The molecule has 0 spiro atoms. The Kier molecular flexibility index (Phi) is 3.81. The number of thioether (sulfide) groups is 1. The lowest BCUT2D eigenvalue weighted by Crippen LogP contribution is -2.16. The van der Waals surface area contributed by atoms with Gasteiger partial charge in [0.05, 0.1) is 6.04 Å². The van der Waals surface area contributed by atoms with Crippen LogP contribution < -0.4 is 5.32 Å². The van der Waals surface area contributed by atoms with Gasteiger partial charge in [0.25, 0.3) is 0 Å². The standard InChI is InChI=1S/C17H17NOS/c1-18-17(12-7-9-14(20-2)10-8-12)16-11-13-5-3-4-6-15(13)19-16/h3-11,17-18H,1-2H3. The highest BCUT2D eigenvalue weighted by atomic mass is 32.2. The molecule has 2 aromatic carbocycles. The fourth-order valence-corrected chi connectivity index (χ4v) is 2.82. The first-order chi connectivity index (χ1) is 9.81. The van der Waals surface area contributed by atoms with Gasteiger partial charge in [0.1, 0.15) is 11.3 Å². The molecule has 0 saturated carbocycles. The molecule has 1 aromatic heterocycles. The van der Waals surface area contributed by atoms with Crippen molar-refractivity contribution in [1.29, 1.82) is 0 Å². The lowest BCUT2D eigenvalue weighted by atomic mass is 10.0. The quantitative estimate of drug-likeness (QED) is 0.715. The molecule has 1 heterocycles. The van der Waals surface area contributed by atoms with Gasteiger partial charge in [0.2, 0.25) is 0 Å². The van der Waals surface area contributed by atoms with Crippen LogP contribution in [0.15, 0.2) is 63.9 Å². The molecule has 102 valence electrons. The van der Waals surface area contributed by atoms with Crippen LogP contribution >= 0.6 is 11.8 Å². The summed E-state index contributed by atoms with van der Waals surface area (Å²) in [5, 5.41) is 4.47. The molecule has 1 atom stereocenters. The second-order valence-electron chi connectivity index (χ2n) is 4.68. The number of furan rings is 1. The fourth-order valence-electron chi connectivity index (χ4n) is 2.41. The third kappa shape index (κ3) is 2.47. The van der Waals surface area contributed by atoms with Crippen molar-refractivity contribution in [1.82, 2.24) is 5.32 Å². The molecule has 3 heteroatoms. The van der Waals surface area contributed by atoms with E-state index in [-0.39, 0.29) is 6.04 Å². The molecule has 0 saturated heterocycles. The summed E-state index contributed by atoms with van der Waals surface area (Å²) >= 11 is 1.75. The van der Waals surface area contributed by atoms with Gasteiger partial charge in [-0.15, -0.1) is 11.8 Å². The number of rotatable bonds is 4. The first-order valence-corrected chi connectivity index (χ1v) is 7.84. The maximum atomic E-state index is 5.96. The molecular weight excluding hydrogens is 266 g/mol. The Morgan fingerprint density at radius 1 is 1.05 bits per heavy atom. The average Bonchev–Trinajstić information content (AvgIpc) is 2.92. The van der Waals surface area contributed by atoms with Crippen LogP contribution in [0.25, 0.3) is 11.0 Å². The van der Waals surface area contributed by atoms with Crippen LogP contribution in [0.2, 0.25) is 0 Å². The van der Waals surface area contributed by atoms with E-state index in [1.54, 1.807) is 11.8 Å². The van der Waals surface area contributed by atoms with Crippen LogP contribution in [0.4, 0.5) is 0 Å². The molecule has 1 unspecified atom stereocenters. The summed E-state index contributed by atoms with van der Waals surface area (Å²) in [6.45, 7) is 0. The monoisotopic (exact) mass is 283 g/mol. The molecule has 0 radical (unpaired) electrons. The highest BCUT2D eigenvalue weighted by Gasteiger charge is 2.16. The Balaban J connectivity index is 1.99. The number of fused-ring (bicyclic) bond motifs is 1. The zero-order valence-corrected chi connectivity index (χ0v) is 12.4. The van der Waals surface area contributed by atoms with Crippen LogP contribution in [-0.2, 0) is 0 Å². The van der Waals surface area contributed by atoms with Crippen molar-refractivity contribution in [2.75, 3.05) is 13.3 Å².